The van der Waals surface area contributed by atoms with Gasteiger partial charge in [-0.05, 0) is 6.42 Å². The molecule has 74 valence electrons. The van der Waals surface area contributed by atoms with Crippen molar-refractivity contribution in [1.82, 2.24) is 0 Å². The molecule has 1 heterocycles. The fourth-order valence-electron chi connectivity index (χ4n) is 1.18. The zero-order valence-electron chi connectivity index (χ0n) is 7.80. The average molecular weight is 224 g/mol. The van der Waals surface area contributed by atoms with Crippen LogP contribution in [0, 0.1) is 5.92 Å². The molecule has 0 amide bonds. The van der Waals surface area contributed by atoms with Crippen molar-refractivity contribution in [2.45, 2.75) is 6.42 Å². The van der Waals surface area contributed by atoms with Gasteiger partial charge in [-0.1, -0.05) is 47.8 Å². The third-order valence-corrected chi connectivity index (χ3v) is 4.25. The summed E-state index contributed by atoms with van der Waals surface area (Å²) in [5.74, 6) is 2.72. The maximum Gasteiger partial charge on any atom is 0.152 e. The third kappa shape index (κ3) is 3.03. The summed E-state index contributed by atoms with van der Waals surface area (Å²) in [5.41, 5.74) is 0. The Labute approximate surface area is 92.6 Å². The lowest BCUT2D eigenvalue weighted by atomic mass is 10.2. The van der Waals surface area contributed by atoms with Crippen molar-refractivity contribution >= 4 is 34.1 Å². The minimum atomic E-state index is 0.345. The number of hydrogen-bond donors (Lipinski definition) is 0. The molecule has 1 saturated heterocycles. The van der Waals surface area contributed by atoms with E-state index < -0.39 is 0 Å². The summed E-state index contributed by atoms with van der Waals surface area (Å²) < 4.78 is 1.11. The number of hydrogen-bond acceptors (Lipinski definition) is 4. The van der Waals surface area contributed by atoms with Gasteiger partial charge in [-0.3, -0.25) is 0 Å². The average Bonchev–Trinajstić information content (AvgIpc) is 2.72. The molecule has 2 rings (SSSR count). The summed E-state index contributed by atoms with van der Waals surface area (Å²) in [4.78, 5) is 0. The van der Waals surface area contributed by atoms with Crippen LogP contribution in [-0.2, 0) is 0 Å². The van der Waals surface area contributed by atoms with Crippen LogP contribution >= 0.6 is 23.5 Å². The molecule has 14 heavy (non-hydrogen) atoms. The lowest BCUT2D eigenvalue weighted by Gasteiger charge is -2.08. The molecule has 0 saturated carbocycles. The number of nitrogens with zero attached hydrogens (tertiary/aromatic N) is 2. The minimum absolute atomic E-state index is 0.345. The first kappa shape index (κ1) is 10.1. The summed E-state index contributed by atoms with van der Waals surface area (Å²) in [6.45, 7) is 0. The quantitative estimate of drug-likeness (QED) is 0.532. The summed E-state index contributed by atoms with van der Waals surface area (Å²) in [7, 11) is 0. The second-order valence-electron chi connectivity index (χ2n) is 3.03. The third-order valence-electron chi connectivity index (χ3n) is 1.90. The molecule has 2 aliphatic rings. The van der Waals surface area contributed by atoms with E-state index in [4.69, 9.17) is 0 Å². The molecule has 1 aliphatic carbocycles. The van der Waals surface area contributed by atoms with Gasteiger partial charge in [0.05, 0.1) is 0 Å². The van der Waals surface area contributed by atoms with Gasteiger partial charge in [-0.25, -0.2) is 0 Å². The zero-order chi connectivity index (χ0) is 9.64. The van der Waals surface area contributed by atoms with Gasteiger partial charge in [0.2, 0.25) is 0 Å². The van der Waals surface area contributed by atoms with Gasteiger partial charge in [0.25, 0.3) is 0 Å². The van der Waals surface area contributed by atoms with Crippen LogP contribution in [-0.4, -0.2) is 22.1 Å². The lowest BCUT2D eigenvalue weighted by molar-refractivity contribution is 1.12. The molecule has 0 aromatic heterocycles. The summed E-state index contributed by atoms with van der Waals surface area (Å²) in [5, 5.41) is 8.29. The lowest BCUT2D eigenvalue weighted by Crippen LogP contribution is -1.99. The fraction of sp³-hybridized carbons (Fsp3) is 0.400. The largest absolute Gasteiger partial charge is 0.161 e. The maximum atomic E-state index is 4.19. The van der Waals surface area contributed by atoms with Crippen molar-refractivity contribution < 1.29 is 0 Å². The van der Waals surface area contributed by atoms with Crippen LogP contribution in [0.5, 0.6) is 0 Å². The second-order valence-corrected chi connectivity index (χ2v) is 5.45. The Morgan fingerprint density at radius 3 is 2.64 bits per heavy atom. The molecule has 0 bridgehead atoms. The second kappa shape index (κ2) is 5.41. The first-order chi connectivity index (χ1) is 6.95. The Morgan fingerprint density at radius 1 is 1.21 bits per heavy atom. The van der Waals surface area contributed by atoms with Crippen LogP contribution < -0.4 is 0 Å². The van der Waals surface area contributed by atoms with Gasteiger partial charge in [-0.2, -0.15) is 5.10 Å². The predicted molar refractivity (Wildman–Crippen MR) is 67.2 cm³/mol. The molecular weight excluding hydrogens is 212 g/mol. The zero-order valence-corrected chi connectivity index (χ0v) is 9.43. The van der Waals surface area contributed by atoms with Gasteiger partial charge >= 0.3 is 0 Å². The Bertz CT molecular complexity index is 285. The molecule has 2 nitrogen and oxygen atoms in total. The van der Waals surface area contributed by atoms with E-state index in [0.29, 0.717) is 5.92 Å². The molecule has 0 unspecified atom stereocenters. The monoisotopic (exact) mass is 224 g/mol. The number of thioether (sulfide) groups is 2. The first-order valence-electron chi connectivity index (χ1n) is 4.67. The molecule has 0 aromatic rings. The van der Waals surface area contributed by atoms with Gasteiger partial charge in [0.1, 0.15) is 0 Å². The number of allylic oxidation sites excluding steroid dienone is 4. The highest BCUT2D eigenvalue weighted by Gasteiger charge is 2.07. The van der Waals surface area contributed by atoms with Crippen molar-refractivity contribution in [3.05, 3.63) is 24.3 Å². The summed E-state index contributed by atoms with van der Waals surface area (Å²) in [6, 6.07) is 0. The number of rotatable bonds is 2. The maximum absolute atomic E-state index is 4.19. The fourth-order valence-corrected chi connectivity index (χ4v) is 3.34. The van der Waals surface area contributed by atoms with E-state index in [2.05, 4.69) is 22.4 Å². The van der Waals surface area contributed by atoms with Crippen LogP contribution in [0.25, 0.3) is 0 Å². The van der Waals surface area contributed by atoms with Crippen molar-refractivity contribution in [3.8, 4) is 0 Å². The standard InChI is InChI=1S/C10H12N2S2/c1-2-5-9(4-1)8-11-12-10-13-6-3-7-14-10/h1-2,4-5,8-9H,3,6-7H2. The highest BCUT2D eigenvalue weighted by atomic mass is 32.2. The van der Waals surface area contributed by atoms with E-state index in [1.807, 2.05) is 41.9 Å². The SMILES string of the molecule is C1=CC(C=NN=C2SCCCS2)C=C1. The minimum Gasteiger partial charge on any atom is -0.161 e. The Balaban J connectivity index is 1.84. The van der Waals surface area contributed by atoms with Crippen molar-refractivity contribution in [2.24, 2.45) is 16.1 Å². The Morgan fingerprint density at radius 2 is 1.93 bits per heavy atom. The van der Waals surface area contributed by atoms with Gasteiger partial charge in [0, 0.05) is 23.6 Å². The van der Waals surface area contributed by atoms with E-state index >= 15 is 0 Å². The molecule has 4 heteroatoms. The molecule has 1 fully saturated rings. The molecule has 0 radical (unpaired) electrons. The normalized spacial score (nSPS) is 22.4. The highest BCUT2D eigenvalue weighted by Crippen LogP contribution is 2.24. The van der Waals surface area contributed by atoms with E-state index in [0.717, 1.165) is 4.38 Å². The smallest absolute Gasteiger partial charge is 0.152 e. The Kier molecular flexibility index (Phi) is 3.89. The predicted octanol–water partition coefficient (Wildman–Crippen LogP) is 2.94. The van der Waals surface area contributed by atoms with Gasteiger partial charge < -0.3 is 0 Å². The van der Waals surface area contributed by atoms with E-state index in [1.54, 1.807) is 0 Å². The summed E-state index contributed by atoms with van der Waals surface area (Å²) >= 11 is 3.62. The molecular formula is C10H12N2S2. The first-order valence-corrected chi connectivity index (χ1v) is 6.64. The molecule has 0 aromatic carbocycles. The van der Waals surface area contributed by atoms with Crippen LogP contribution in [0.2, 0.25) is 0 Å². The molecule has 1 aliphatic heterocycles. The molecule has 0 atom stereocenters. The van der Waals surface area contributed by atoms with Gasteiger partial charge in [0.15, 0.2) is 4.38 Å². The Hall–Kier alpha value is -0.480. The van der Waals surface area contributed by atoms with Gasteiger partial charge in [-0.15, -0.1) is 5.10 Å². The van der Waals surface area contributed by atoms with Crippen LogP contribution in [0.1, 0.15) is 6.42 Å². The van der Waals surface area contributed by atoms with Crippen LogP contribution in [0.15, 0.2) is 34.5 Å². The van der Waals surface area contributed by atoms with Crippen LogP contribution in [0.3, 0.4) is 0 Å². The topological polar surface area (TPSA) is 24.7 Å². The highest BCUT2D eigenvalue weighted by molar-refractivity contribution is 8.39. The summed E-state index contributed by atoms with van der Waals surface area (Å²) in [6.07, 6.45) is 11.4. The molecule has 0 spiro atoms. The van der Waals surface area contributed by atoms with Crippen molar-refractivity contribution in [1.29, 1.82) is 0 Å². The molecule has 0 N–H and O–H groups in total. The van der Waals surface area contributed by atoms with E-state index in [-0.39, 0.29) is 0 Å². The van der Waals surface area contributed by atoms with E-state index in [9.17, 15) is 0 Å². The van der Waals surface area contributed by atoms with E-state index in [1.165, 1.54) is 17.9 Å². The van der Waals surface area contributed by atoms with Crippen molar-refractivity contribution in [2.75, 3.05) is 11.5 Å². The van der Waals surface area contributed by atoms with Crippen LogP contribution in [0.4, 0.5) is 0 Å². The van der Waals surface area contributed by atoms with Crippen molar-refractivity contribution in [3.63, 3.8) is 0 Å².